The number of hydrogen-bond acceptors (Lipinski definition) is 3. The molecule has 98 valence electrons. The van der Waals surface area contributed by atoms with Gasteiger partial charge in [0.1, 0.15) is 5.82 Å². The second-order valence-corrected chi connectivity index (χ2v) is 5.27. The first-order chi connectivity index (χ1) is 8.49. The summed E-state index contributed by atoms with van der Waals surface area (Å²) in [7, 11) is 1.78. The number of likely N-dealkylation sites (N-methyl/N-ethyl adjacent to an activating group) is 1. The first kappa shape index (κ1) is 13.1. The number of hydrogen-bond donors (Lipinski definition) is 1. The summed E-state index contributed by atoms with van der Waals surface area (Å²) in [5, 5.41) is 0. The van der Waals surface area contributed by atoms with Crippen LogP contribution in [-0.2, 0) is 4.79 Å². The Bertz CT molecular complexity index is 481. The number of carbonyl (C=O) groups is 1. The van der Waals surface area contributed by atoms with Gasteiger partial charge in [-0.05, 0) is 28.4 Å². The van der Waals surface area contributed by atoms with Crippen molar-refractivity contribution in [2.24, 2.45) is 0 Å². The minimum absolute atomic E-state index is 0.0234. The topological polar surface area (TPSA) is 49.6 Å². The van der Waals surface area contributed by atoms with E-state index in [2.05, 4.69) is 15.9 Å². The summed E-state index contributed by atoms with van der Waals surface area (Å²) in [4.78, 5) is 15.3. The molecule has 1 aliphatic heterocycles. The summed E-state index contributed by atoms with van der Waals surface area (Å²) in [5.74, 6) is -0.348. The third kappa shape index (κ3) is 2.58. The normalized spacial score (nSPS) is 16.9. The van der Waals surface area contributed by atoms with Gasteiger partial charge in [-0.25, -0.2) is 4.39 Å². The number of nitrogens with zero attached hydrogens (tertiary/aromatic N) is 2. The molecule has 1 aromatic carbocycles. The van der Waals surface area contributed by atoms with Crippen LogP contribution in [-0.4, -0.2) is 37.5 Å². The van der Waals surface area contributed by atoms with Crippen LogP contribution < -0.4 is 10.6 Å². The Hall–Kier alpha value is -1.30. The molecule has 1 saturated heterocycles. The van der Waals surface area contributed by atoms with Crippen LogP contribution in [0.3, 0.4) is 0 Å². The van der Waals surface area contributed by atoms with Crippen LogP contribution in [0.2, 0.25) is 0 Å². The van der Waals surface area contributed by atoms with Crippen molar-refractivity contribution < 1.29 is 9.18 Å². The highest BCUT2D eigenvalue weighted by molar-refractivity contribution is 9.10. The van der Waals surface area contributed by atoms with E-state index in [1.165, 1.54) is 12.1 Å². The molecule has 0 spiro atoms. The third-order valence-corrected chi connectivity index (χ3v) is 3.69. The molecule has 0 aromatic heterocycles. The van der Waals surface area contributed by atoms with Crippen LogP contribution in [0.5, 0.6) is 0 Å². The lowest BCUT2D eigenvalue weighted by Crippen LogP contribution is -2.34. The maximum Gasteiger partial charge on any atom is 0.241 e. The van der Waals surface area contributed by atoms with Crippen LogP contribution >= 0.6 is 15.9 Å². The van der Waals surface area contributed by atoms with Gasteiger partial charge in [-0.3, -0.25) is 4.79 Å². The summed E-state index contributed by atoms with van der Waals surface area (Å²) >= 11 is 3.09. The highest BCUT2D eigenvalue weighted by Gasteiger charge is 2.21. The molecular formula is C12H15BrFN3O. The molecule has 2 rings (SSSR count). The van der Waals surface area contributed by atoms with E-state index in [1.807, 2.05) is 4.90 Å². The number of anilines is 2. The smallest absolute Gasteiger partial charge is 0.241 e. The molecule has 1 heterocycles. The van der Waals surface area contributed by atoms with E-state index < -0.39 is 0 Å². The van der Waals surface area contributed by atoms with Crippen LogP contribution in [0.15, 0.2) is 16.6 Å². The average molecular weight is 316 g/mol. The maximum atomic E-state index is 13.6. The standard InChI is InChI=1S/C12H15BrFN3O/c1-16-3-2-4-17(7-12(16)18)11-6-9(14)8(13)5-10(11)15/h5-6H,2-4,7,15H2,1H3. The van der Waals surface area contributed by atoms with Crippen molar-refractivity contribution in [2.75, 3.05) is 37.3 Å². The summed E-state index contributed by atoms with van der Waals surface area (Å²) in [6, 6.07) is 2.90. The van der Waals surface area contributed by atoms with E-state index in [0.29, 0.717) is 28.9 Å². The minimum Gasteiger partial charge on any atom is -0.397 e. The molecule has 0 aliphatic carbocycles. The molecule has 0 saturated carbocycles. The average Bonchev–Trinajstić information content (AvgIpc) is 2.47. The monoisotopic (exact) mass is 315 g/mol. The zero-order chi connectivity index (χ0) is 13.3. The van der Waals surface area contributed by atoms with E-state index in [-0.39, 0.29) is 18.3 Å². The van der Waals surface area contributed by atoms with Crippen LogP contribution in [0.1, 0.15) is 6.42 Å². The Morgan fingerprint density at radius 1 is 1.39 bits per heavy atom. The number of halogens is 2. The Kier molecular flexibility index (Phi) is 3.75. The molecule has 1 aromatic rings. The largest absolute Gasteiger partial charge is 0.397 e. The predicted octanol–water partition coefficient (Wildman–Crippen LogP) is 1.84. The lowest BCUT2D eigenvalue weighted by Gasteiger charge is -2.23. The fraction of sp³-hybridized carbons (Fsp3) is 0.417. The molecule has 2 N–H and O–H groups in total. The molecule has 1 aliphatic rings. The molecule has 18 heavy (non-hydrogen) atoms. The van der Waals surface area contributed by atoms with Crippen molar-refractivity contribution in [3.63, 3.8) is 0 Å². The van der Waals surface area contributed by atoms with Gasteiger partial charge >= 0.3 is 0 Å². The van der Waals surface area contributed by atoms with Gasteiger partial charge < -0.3 is 15.5 Å². The van der Waals surface area contributed by atoms with Crippen molar-refractivity contribution in [3.05, 3.63) is 22.4 Å². The first-order valence-electron chi connectivity index (χ1n) is 5.72. The third-order valence-electron chi connectivity index (χ3n) is 3.08. The van der Waals surface area contributed by atoms with Gasteiger partial charge in [-0.2, -0.15) is 0 Å². The quantitative estimate of drug-likeness (QED) is 0.804. The number of rotatable bonds is 1. The van der Waals surface area contributed by atoms with Crippen LogP contribution in [0.4, 0.5) is 15.8 Å². The SMILES string of the molecule is CN1CCCN(c2cc(F)c(Br)cc2N)CC1=O. The molecule has 0 atom stereocenters. The van der Waals surface area contributed by atoms with Crippen molar-refractivity contribution >= 4 is 33.2 Å². The van der Waals surface area contributed by atoms with Crippen molar-refractivity contribution in [1.29, 1.82) is 0 Å². The molecule has 0 bridgehead atoms. The predicted molar refractivity (Wildman–Crippen MR) is 73.0 cm³/mol. The number of nitrogen functional groups attached to an aromatic ring is 1. The van der Waals surface area contributed by atoms with Gasteiger partial charge in [-0.1, -0.05) is 0 Å². The van der Waals surface area contributed by atoms with Gasteiger partial charge in [0.25, 0.3) is 0 Å². The summed E-state index contributed by atoms with van der Waals surface area (Å²) in [6.45, 7) is 1.65. The lowest BCUT2D eigenvalue weighted by atomic mass is 10.2. The van der Waals surface area contributed by atoms with Gasteiger partial charge in [0.05, 0.1) is 22.4 Å². The Morgan fingerprint density at radius 3 is 2.83 bits per heavy atom. The summed E-state index contributed by atoms with van der Waals surface area (Å²) in [5.41, 5.74) is 6.94. The molecule has 1 fully saturated rings. The van der Waals surface area contributed by atoms with E-state index in [9.17, 15) is 9.18 Å². The zero-order valence-corrected chi connectivity index (χ0v) is 11.7. The van der Waals surface area contributed by atoms with Gasteiger partial charge in [0, 0.05) is 26.2 Å². The molecule has 0 radical (unpaired) electrons. The highest BCUT2D eigenvalue weighted by Crippen LogP contribution is 2.30. The maximum absolute atomic E-state index is 13.6. The molecular weight excluding hydrogens is 301 g/mol. The molecule has 1 amide bonds. The summed E-state index contributed by atoms with van der Waals surface area (Å²) in [6.07, 6.45) is 0.847. The Balaban J connectivity index is 2.30. The molecule has 6 heteroatoms. The van der Waals surface area contributed by atoms with E-state index in [4.69, 9.17) is 5.73 Å². The van der Waals surface area contributed by atoms with E-state index >= 15 is 0 Å². The van der Waals surface area contributed by atoms with Crippen LogP contribution in [0.25, 0.3) is 0 Å². The Labute approximate surface area is 114 Å². The van der Waals surface area contributed by atoms with Gasteiger partial charge in [0.15, 0.2) is 0 Å². The molecule has 0 unspecified atom stereocenters. The first-order valence-corrected chi connectivity index (χ1v) is 6.52. The minimum atomic E-state index is -0.371. The fourth-order valence-corrected chi connectivity index (χ4v) is 2.38. The Morgan fingerprint density at radius 2 is 2.11 bits per heavy atom. The fourth-order valence-electron chi connectivity index (χ4n) is 2.02. The zero-order valence-electron chi connectivity index (χ0n) is 10.1. The second kappa shape index (κ2) is 5.14. The second-order valence-electron chi connectivity index (χ2n) is 4.42. The number of carbonyl (C=O) groups excluding carboxylic acids is 1. The van der Waals surface area contributed by atoms with Gasteiger partial charge in [-0.15, -0.1) is 0 Å². The number of nitrogens with two attached hydrogens (primary N) is 1. The highest BCUT2D eigenvalue weighted by atomic mass is 79.9. The van der Waals surface area contributed by atoms with Crippen molar-refractivity contribution in [2.45, 2.75) is 6.42 Å². The van der Waals surface area contributed by atoms with Gasteiger partial charge in [0.2, 0.25) is 5.91 Å². The summed E-state index contributed by atoms with van der Waals surface area (Å²) < 4.78 is 13.9. The lowest BCUT2D eigenvalue weighted by molar-refractivity contribution is -0.127. The number of amides is 1. The van der Waals surface area contributed by atoms with Crippen molar-refractivity contribution in [1.82, 2.24) is 4.90 Å². The van der Waals surface area contributed by atoms with Crippen LogP contribution in [0, 0.1) is 5.82 Å². The number of benzene rings is 1. The van der Waals surface area contributed by atoms with E-state index in [0.717, 1.165) is 6.42 Å². The van der Waals surface area contributed by atoms with Crippen molar-refractivity contribution in [3.8, 4) is 0 Å². The van der Waals surface area contributed by atoms with E-state index in [1.54, 1.807) is 11.9 Å². The molecule has 4 nitrogen and oxygen atoms in total.